The Balaban J connectivity index is 1.36. The number of piperazine rings is 1. The van der Waals surface area contributed by atoms with E-state index >= 15 is 0 Å². The minimum absolute atomic E-state index is 0.000621. The Morgan fingerprint density at radius 2 is 1.78 bits per heavy atom. The van der Waals surface area contributed by atoms with E-state index in [1.165, 1.54) is 5.56 Å². The Morgan fingerprint density at radius 3 is 2.59 bits per heavy atom. The number of hydrogen-bond acceptors (Lipinski definition) is 4. The number of carbonyl (C=O) groups is 1. The van der Waals surface area contributed by atoms with Gasteiger partial charge in [0.2, 0.25) is 0 Å². The summed E-state index contributed by atoms with van der Waals surface area (Å²) in [5.74, 6) is 0.000621. The molecule has 1 fully saturated rings. The second-order valence-corrected chi connectivity index (χ2v) is 8.31. The van der Waals surface area contributed by atoms with Crippen LogP contribution in [0.5, 0.6) is 0 Å². The molecule has 1 amide bonds. The number of rotatable bonds is 5. The van der Waals surface area contributed by atoms with E-state index in [1.807, 2.05) is 24.3 Å². The SMILES string of the molecule is CN1CCN(Cc2cccc(CNC(=O)c3cc4ccccc4s3)c2)CC1. The van der Waals surface area contributed by atoms with E-state index in [0.29, 0.717) is 6.54 Å². The van der Waals surface area contributed by atoms with Gasteiger partial charge in [-0.05, 0) is 35.7 Å². The van der Waals surface area contributed by atoms with E-state index < -0.39 is 0 Å². The monoisotopic (exact) mass is 379 g/mol. The lowest BCUT2D eigenvalue weighted by molar-refractivity contribution is 0.0955. The quantitative estimate of drug-likeness (QED) is 0.736. The Morgan fingerprint density at radius 1 is 1.00 bits per heavy atom. The van der Waals surface area contributed by atoms with Crippen molar-refractivity contribution in [3.63, 3.8) is 0 Å². The lowest BCUT2D eigenvalue weighted by Crippen LogP contribution is -2.43. The molecule has 27 heavy (non-hydrogen) atoms. The molecule has 0 atom stereocenters. The van der Waals surface area contributed by atoms with Crippen molar-refractivity contribution in [3.8, 4) is 0 Å². The highest BCUT2D eigenvalue weighted by Crippen LogP contribution is 2.25. The molecule has 0 spiro atoms. The molecule has 4 rings (SSSR count). The highest BCUT2D eigenvalue weighted by atomic mass is 32.1. The van der Waals surface area contributed by atoms with Gasteiger partial charge in [0.15, 0.2) is 0 Å². The third-order valence-electron chi connectivity index (χ3n) is 5.10. The van der Waals surface area contributed by atoms with Crippen LogP contribution in [0.2, 0.25) is 0 Å². The fourth-order valence-corrected chi connectivity index (χ4v) is 4.44. The summed E-state index contributed by atoms with van der Waals surface area (Å²) in [5.41, 5.74) is 2.46. The first-order valence-corrected chi connectivity index (χ1v) is 10.2. The molecule has 1 aliphatic rings. The lowest BCUT2D eigenvalue weighted by Gasteiger charge is -2.32. The van der Waals surface area contributed by atoms with Crippen LogP contribution in [-0.2, 0) is 13.1 Å². The van der Waals surface area contributed by atoms with Crippen molar-refractivity contribution in [1.29, 1.82) is 0 Å². The third kappa shape index (κ3) is 4.56. The number of hydrogen-bond donors (Lipinski definition) is 1. The van der Waals surface area contributed by atoms with E-state index in [0.717, 1.165) is 53.3 Å². The van der Waals surface area contributed by atoms with Crippen molar-refractivity contribution in [1.82, 2.24) is 15.1 Å². The van der Waals surface area contributed by atoms with Gasteiger partial charge in [0.05, 0.1) is 4.88 Å². The first kappa shape index (κ1) is 18.2. The van der Waals surface area contributed by atoms with E-state index in [-0.39, 0.29) is 5.91 Å². The fourth-order valence-electron chi connectivity index (χ4n) is 3.47. The van der Waals surface area contributed by atoms with Crippen molar-refractivity contribution in [3.05, 3.63) is 70.6 Å². The van der Waals surface area contributed by atoms with E-state index in [1.54, 1.807) is 11.3 Å². The Kier molecular flexibility index (Phi) is 5.53. The summed E-state index contributed by atoms with van der Waals surface area (Å²) >= 11 is 1.54. The minimum Gasteiger partial charge on any atom is -0.347 e. The summed E-state index contributed by atoms with van der Waals surface area (Å²) in [6, 6.07) is 18.6. The Hall–Kier alpha value is -2.21. The zero-order valence-corrected chi connectivity index (χ0v) is 16.5. The molecule has 2 heterocycles. The predicted octanol–water partition coefficient (Wildman–Crippen LogP) is 3.58. The second kappa shape index (κ2) is 8.21. The summed E-state index contributed by atoms with van der Waals surface area (Å²) in [6.45, 7) is 6.03. The highest BCUT2D eigenvalue weighted by Gasteiger charge is 2.14. The smallest absolute Gasteiger partial charge is 0.261 e. The summed E-state index contributed by atoms with van der Waals surface area (Å²) in [5, 5.41) is 4.19. The van der Waals surface area contributed by atoms with E-state index in [9.17, 15) is 4.79 Å². The summed E-state index contributed by atoms with van der Waals surface area (Å²) < 4.78 is 1.15. The van der Waals surface area contributed by atoms with Gasteiger partial charge in [-0.15, -0.1) is 11.3 Å². The first-order valence-electron chi connectivity index (χ1n) is 9.43. The highest BCUT2D eigenvalue weighted by molar-refractivity contribution is 7.20. The first-order chi connectivity index (χ1) is 13.2. The largest absolute Gasteiger partial charge is 0.347 e. The molecule has 0 bridgehead atoms. The molecule has 1 N–H and O–H groups in total. The average Bonchev–Trinajstić information content (AvgIpc) is 3.13. The van der Waals surface area contributed by atoms with Crippen LogP contribution in [0.15, 0.2) is 54.6 Å². The number of nitrogens with zero attached hydrogens (tertiary/aromatic N) is 2. The fraction of sp³-hybridized carbons (Fsp3) is 0.318. The summed E-state index contributed by atoms with van der Waals surface area (Å²) in [7, 11) is 2.18. The van der Waals surface area contributed by atoms with Gasteiger partial charge in [-0.1, -0.05) is 42.5 Å². The molecule has 0 unspecified atom stereocenters. The molecule has 1 aromatic heterocycles. The number of carbonyl (C=O) groups excluding carboxylic acids is 1. The maximum absolute atomic E-state index is 12.5. The molecule has 0 aliphatic carbocycles. The molecule has 1 aliphatic heterocycles. The second-order valence-electron chi connectivity index (χ2n) is 7.23. The normalized spacial score (nSPS) is 15.9. The summed E-state index contributed by atoms with van der Waals surface area (Å²) in [6.07, 6.45) is 0. The van der Waals surface area contributed by atoms with Gasteiger partial charge >= 0.3 is 0 Å². The van der Waals surface area contributed by atoms with Crippen LogP contribution < -0.4 is 5.32 Å². The van der Waals surface area contributed by atoms with E-state index in [2.05, 4.69) is 52.5 Å². The van der Waals surface area contributed by atoms with Crippen LogP contribution in [0, 0.1) is 0 Å². The summed E-state index contributed by atoms with van der Waals surface area (Å²) in [4.78, 5) is 18.1. The van der Waals surface area contributed by atoms with Crippen LogP contribution in [0.1, 0.15) is 20.8 Å². The molecule has 4 nitrogen and oxygen atoms in total. The van der Waals surface area contributed by atoms with Crippen molar-refractivity contribution in [2.45, 2.75) is 13.1 Å². The molecule has 0 saturated carbocycles. The van der Waals surface area contributed by atoms with Gasteiger partial charge in [-0.3, -0.25) is 9.69 Å². The maximum atomic E-state index is 12.5. The maximum Gasteiger partial charge on any atom is 0.261 e. The number of fused-ring (bicyclic) bond motifs is 1. The van der Waals surface area contributed by atoms with Crippen molar-refractivity contribution in [2.75, 3.05) is 33.2 Å². The van der Waals surface area contributed by atoms with Gasteiger partial charge in [-0.2, -0.15) is 0 Å². The van der Waals surface area contributed by atoms with Gasteiger partial charge in [0.25, 0.3) is 5.91 Å². The van der Waals surface area contributed by atoms with Crippen LogP contribution in [0.25, 0.3) is 10.1 Å². The number of likely N-dealkylation sites (N-methyl/N-ethyl adjacent to an activating group) is 1. The average molecular weight is 380 g/mol. The van der Waals surface area contributed by atoms with Gasteiger partial charge in [0, 0.05) is 44.0 Å². The molecule has 2 aromatic carbocycles. The van der Waals surface area contributed by atoms with Crippen molar-refractivity contribution < 1.29 is 4.79 Å². The van der Waals surface area contributed by atoms with Gasteiger partial charge < -0.3 is 10.2 Å². The van der Waals surface area contributed by atoms with Crippen LogP contribution >= 0.6 is 11.3 Å². The van der Waals surface area contributed by atoms with Crippen LogP contribution in [0.4, 0.5) is 0 Å². The van der Waals surface area contributed by atoms with Crippen LogP contribution in [0.3, 0.4) is 0 Å². The third-order valence-corrected chi connectivity index (χ3v) is 6.21. The molecule has 5 heteroatoms. The Labute approximate surface area is 164 Å². The molecular formula is C22H25N3OS. The molecule has 140 valence electrons. The minimum atomic E-state index is 0.000621. The van der Waals surface area contributed by atoms with E-state index in [4.69, 9.17) is 0 Å². The Bertz CT molecular complexity index is 895. The zero-order chi connectivity index (χ0) is 18.6. The predicted molar refractivity (Wildman–Crippen MR) is 112 cm³/mol. The number of nitrogens with one attached hydrogen (secondary N) is 1. The lowest BCUT2D eigenvalue weighted by atomic mass is 10.1. The zero-order valence-electron chi connectivity index (χ0n) is 15.6. The molecular weight excluding hydrogens is 354 g/mol. The molecule has 0 radical (unpaired) electrons. The number of thiophene rings is 1. The molecule has 3 aromatic rings. The topological polar surface area (TPSA) is 35.6 Å². The van der Waals surface area contributed by atoms with Gasteiger partial charge in [0.1, 0.15) is 0 Å². The van der Waals surface area contributed by atoms with Crippen molar-refractivity contribution >= 4 is 27.3 Å². The van der Waals surface area contributed by atoms with Crippen LogP contribution in [-0.4, -0.2) is 48.9 Å². The number of amides is 1. The van der Waals surface area contributed by atoms with Gasteiger partial charge in [-0.25, -0.2) is 0 Å². The van der Waals surface area contributed by atoms with Crippen molar-refractivity contribution in [2.24, 2.45) is 0 Å². The molecule has 1 saturated heterocycles. The number of benzene rings is 2. The standard InChI is InChI=1S/C22H25N3OS/c1-24-9-11-25(12-10-24)16-18-6-4-5-17(13-18)15-23-22(26)21-14-19-7-2-3-8-20(19)27-21/h2-8,13-14H,9-12,15-16H2,1H3,(H,23,26).